The maximum Gasteiger partial charge on any atom is 0.258 e. The summed E-state index contributed by atoms with van der Waals surface area (Å²) in [4.78, 5) is 4.33. The highest BCUT2D eigenvalue weighted by atomic mass is 79.9. The summed E-state index contributed by atoms with van der Waals surface area (Å²) in [5, 5.41) is 3.91. The topological polar surface area (TPSA) is 74.2 Å². The molecule has 0 saturated carbocycles. The summed E-state index contributed by atoms with van der Waals surface area (Å²) in [6.45, 7) is 4.91. The van der Waals surface area contributed by atoms with Gasteiger partial charge in [-0.25, -0.2) is 0 Å². The number of ether oxygens (including phenoxy) is 1. The molecule has 6 heteroatoms. The van der Waals surface area contributed by atoms with Gasteiger partial charge in [-0.3, -0.25) is 0 Å². The van der Waals surface area contributed by atoms with E-state index in [4.69, 9.17) is 15.0 Å². The maximum absolute atomic E-state index is 5.92. The summed E-state index contributed by atoms with van der Waals surface area (Å²) >= 11 is 3.42. The van der Waals surface area contributed by atoms with Crippen LogP contribution in [0.25, 0.3) is 11.5 Å². The minimum absolute atomic E-state index is 0.367. The predicted octanol–water partition coefficient (Wildman–Crippen LogP) is 2.84. The van der Waals surface area contributed by atoms with Gasteiger partial charge in [0.05, 0.1) is 12.6 Å². The third-order valence-corrected chi connectivity index (χ3v) is 3.19. The van der Waals surface area contributed by atoms with Crippen molar-refractivity contribution >= 4 is 15.9 Å². The van der Waals surface area contributed by atoms with Crippen LogP contribution in [-0.2, 0) is 4.74 Å². The van der Waals surface area contributed by atoms with Gasteiger partial charge in [0.25, 0.3) is 5.89 Å². The molecular weight excluding hydrogens is 310 g/mol. The lowest BCUT2D eigenvalue weighted by Crippen LogP contribution is -2.18. The normalized spacial score (nSPS) is 12.6. The van der Waals surface area contributed by atoms with Crippen LogP contribution >= 0.6 is 15.9 Å². The molecule has 0 fully saturated rings. The van der Waals surface area contributed by atoms with Crippen LogP contribution in [0.4, 0.5) is 0 Å². The standard InChI is InChI=1S/C13H16BrN3O2/c1-3-18-7-11(15)12-16-13(19-17-12)10-5-4-9(14)6-8(10)2/h4-6,11H,3,7,15H2,1-2H3. The molecule has 1 aromatic carbocycles. The van der Waals surface area contributed by atoms with Gasteiger partial charge in [0, 0.05) is 16.6 Å². The van der Waals surface area contributed by atoms with E-state index in [9.17, 15) is 0 Å². The largest absolute Gasteiger partial charge is 0.380 e. The van der Waals surface area contributed by atoms with Crippen LogP contribution < -0.4 is 5.73 Å². The van der Waals surface area contributed by atoms with E-state index < -0.39 is 0 Å². The van der Waals surface area contributed by atoms with E-state index in [1.165, 1.54) is 0 Å². The maximum atomic E-state index is 5.92. The van der Waals surface area contributed by atoms with E-state index in [1.54, 1.807) is 0 Å². The fraction of sp³-hybridized carbons (Fsp3) is 0.385. The molecule has 2 N–H and O–H groups in total. The minimum Gasteiger partial charge on any atom is -0.380 e. The molecule has 0 saturated heterocycles. The summed E-state index contributed by atoms with van der Waals surface area (Å²) in [6.07, 6.45) is 0. The summed E-state index contributed by atoms with van der Waals surface area (Å²) in [5.41, 5.74) is 7.88. The molecular formula is C13H16BrN3O2. The molecule has 19 heavy (non-hydrogen) atoms. The van der Waals surface area contributed by atoms with Crippen molar-refractivity contribution in [2.45, 2.75) is 19.9 Å². The van der Waals surface area contributed by atoms with Gasteiger partial charge in [0.15, 0.2) is 5.82 Å². The molecule has 1 atom stereocenters. The third kappa shape index (κ3) is 3.40. The molecule has 1 heterocycles. The van der Waals surface area contributed by atoms with Crippen LogP contribution in [0.5, 0.6) is 0 Å². The second-order valence-corrected chi connectivity index (χ2v) is 5.10. The molecule has 0 radical (unpaired) electrons. The van der Waals surface area contributed by atoms with Crippen molar-refractivity contribution in [1.82, 2.24) is 10.1 Å². The number of aryl methyl sites for hydroxylation is 1. The number of hydrogen-bond acceptors (Lipinski definition) is 5. The van der Waals surface area contributed by atoms with Gasteiger partial charge in [-0.1, -0.05) is 21.1 Å². The molecule has 0 aliphatic rings. The summed E-state index contributed by atoms with van der Waals surface area (Å²) < 4.78 is 11.5. The van der Waals surface area contributed by atoms with Gasteiger partial charge >= 0.3 is 0 Å². The fourth-order valence-electron chi connectivity index (χ4n) is 1.68. The van der Waals surface area contributed by atoms with E-state index in [-0.39, 0.29) is 6.04 Å². The quantitative estimate of drug-likeness (QED) is 0.914. The van der Waals surface area contributed by atoms with Crippen molar-refractivity contribution in [3.8, 4) is 11.5 Å². The summed E-state index contributed by atoms with van der Waals surface area (Å²) in [7, 11) is 0. The lowest BCUT2D eigenvalue weighted by Gasteiger charge is -2.05. The number of rotatable bonds is 5. The number of nitrogens with two attached hydrogens (primary N) is 1. The lowest BCUT2D eigenvalue weighted by atomic mass is 10.1. The molecule has 0 amide bonds. The van der Waals surface area contributed by atoms with Crippen LogP contribution in [0.2, 0.25) is 0 Å². The first-order valence-corrected chi connectivity index (χ1v) is 6.84. The van der Waals surface area contributed by atoms with Crippen LogP contribution in [0.15, 0.2) is 27.2 Å². The molecule has 2 rings (SSSR count). The Labute approximate surface area is 120 Å². The first-order chi connectivity index (χ1) is 9.11. The number of aromatic nitrogens is 2. The Morgan fingerprint density at radius 3 is 2.95 bits per heavy atom. The van der Waals surface area contributed by atoms with Crippen LogP contribution in [0.3, 0.4) is 0 Å². The molecule has 1 aromatic heterocycles. The van der Waals surface area contributed by atoms with Crippen molar-refractivity contribution < 1.29 is 9.26 Å². The summed E-state index contributed by atoms with van der Waals surface area (Å²) in [6, 6.07) is 5.50. The highest BCUT2D eigenvalue weighted by molar-refractivity contribution is 9.10. The molecule has 5 nitrogen and oxygen atoms in total. The van der Waals surface area contributed by atoms with Crippen LogP contribution in [-0.4, -0.2) is 23.4 Å². The first kappa shape index (κ1) is 14.2. The van der Waals surface area contributed by atoms with Crippen molar-refractivity contribution in [3.05, 3.63) is 34.1 Å². The van der Waals surface area contributed by atoms with Crippen molar-refractivity contribution in [2.75, 3.05) is 13.2 Å². The molecule has 0 spiro atoms. The second kappa shape index (κ2) is 6.27. The van der Waals surface area contributed by atoms with E-state index in [1.807, 2.05) is 32.0 Å². The zero-order valence-electron chi connectivity index (χ0n) is 10.9. The average Bonchev–Trinajstić information content (AvgIpc) is 2.85. The zero-order chi connectivity index (χ0) is 13.8. The minimum atomic E-state index is -0.367. The summed E-state index contributed by atoms with van der Waals surface area (Å²) in [5.74, 6) is 0.942. The van der Waals surface area contributed by atoms with E-state index >= 15 is 0 Å². The fourth-order valence-corrected chi connectivity index (χ4v) is 2.16. The Morgan fingerprint density at radius 2 is 2.26 bits per heavy atom. The van der Waals surface area contributed by atoms with Gasteiger partial charge in [-0.15, -0.1) is 0 Å². The van der Waals surface area contributed by atoms with Gasteiger partial charge in [-0.05, 0) is 37.6 Å². The van der Waals surface area contributed by atoms with Crippen LogP contribution in [0.1, 0.15) is 24.4 Å². The number of benzene rings is 1. The van der Waals surface area contributed by atoms with Crippen molar-refractivity contribution in [2.24, 2.45) is 5.73 Å². The molecule has 0 bridgehead atoms. The number of nitrogens with zero attached hydrogens (tertiary/aromatic N) is 2. The van der Waals surface area contributed by atoms with Crippen LogP contribution in [0, 0.1) is 6.92 Å². The Kier molecular flexibility index (Phi) is 4.68. The van der Waals surface area contributed by atoms with Gasteiger partial charge in [0.2, 0.25) is 0 Å². The molecule has 0 aliphatic carbocycles. The Bertz CT molecular complexity index is 557. The first-order valence-electron chi connectivity index (χ1n) is 6.05. The third-order valence-electron chi connectivity index (χ3n) is 2.69. The smallest absolute Gasteiger partial charge is 0.258 e. The second-order valence-electron chi connectivity index (χ2n) is 4.18. The number of hydrogen-bond donors (Lipinski definition) is 1. The average molecular weight is 326 g/mol. The SMILES string of the molecule is CCOCC(N)c1noc(-c2ccc(Br)cc2C)n1. The number of halogens is 1. The zero-order valence-corrected chi connectivity index (χ0v) is 12.5. The van der Waals surface area contributed by atoms with Crippen molar-refractivity contribution in [1.29, 1.82) is 0 Å². The van der Waals surface area contributed by atoms with Gasteiger partial charge < -0.3 is 15.0 Å². The van der Waals surface area contributed by atoms with Gasteiger partial charge in [-0.2, -0.15) is 4.98 Å². The lowest BCUT2D eigenvalue weighted by molar-refractivity contribution is 0.130. The Morgan fingerprint density at radius 1 is 1.47 bits per heavy atom. The predicted molar refractivity (Wildman–Crippen MR) is 75.6 cm³/mol. The molecule has 102 valence electrons. The van der Waals surface area contributed by atoms with E-state index in [0.29, 0.717) is 24.9 Å². The monoisotopic (exact) mass is 325 g/mol. The highest BCUT2D eigenvalue weighted by Gasteiger charge is 2.16. The highest BCUT2D eigenvalue weighted by Crippen LogP contribution is 2.25. The molecule has 1 unspecified atom stereocenters. The molecule has 0 aliphatic heterocycles. The van der Waals surface area contributed by atoms with Crippen molar-refractivity contribution in [3.63, 3.8) is 0 Å². The Hall–Kier alpha value is -1.24. The molecule has 2 aromatic rings. The Balaban J connectivity index is 2.20. The van der Waals surface area contributed by atoms with E-state index in [2.05, 4.69) is 26.1 Å². The van der Waals surface area contributed by atoms with Gasteiger partial charge in [0.1, 0.15) is 0 Å². The van der Waals surface area contributed by atoms with E-state index in [0.717, 1.165) is 15.6 Å².